The predicted octanol–water partition coefficient (Wildman–Crippen LogP) is 5.17. The first-order chi connectivity index (χ1) is 9.81. The molecule has 0 amide bonds. The number of nitrogens with one attached hydrogen (secondary N) is 2. The van der Waals surface area contributed by atoms with Crippen LogP contribution >= 0.6 is 12.2 Å². The van der Waals surface area contributed by atoms with E-state index in [1.807, 2.05) is 0 Å². The fourth-order valence-corrected chi connectivity index (χ4v) is 2.48. The van der Waals surface area contributed by atoms with Gasteiger partial charge in [-0.3, -0.25) is 0 Å². The molecule has 0 heterocycles. The minimum Gasteiger partial charge on any atom is -0.363 e. The van der Waals surface area contributed by atoms with Gasteiger partial charge in [0.25, 0.3) is 0 Å². The third-order valence-corrected chi connectivity index (χ3v) is 3.92. The number of thiocarbonyl (C=S) groups is 1. The van der Waals surface area contributed by atoms with Gasteiger partial charge in [-0.15, -0.1) is 0 Å². The van der Waals surface area contributed by atoms with Crippen molar-refractivity contribution in [1.29, 1.82) is 0 Å². The number of unbranched alkanes of at least 4 members (excludes halogenated alkanes) is 10. The van der Waals surface area contributed by atoms with E-state index in [1.165, 1.54) is 77.0 Å². The maximum absolute atomic E-state index is 5.24. The molecule has 0 saturated carbocycles. The Kier molecular flexibility index (Phi) is 16.5. The highest BCUT2D eigenvalue weighted by Gasteiger charge is 1.95. The molecular weight excluding hydrogens is 264 g/mol. The van der Waals surface area contributed by atoms with Gasteiger partial charge in [-0.1, -0.05) is 78.1 Å². The summed E-state index contributed by atoms with van der Waals surface area (Å²) in [6, 6.07) is 0. The molecule has 0 spiro atoms. The number of hydrogen-bond donors (Lipinski definition) is 2. The second-order valence-corrected chi connectivity index (χ2v) is 6.13. The van der Waals surface area contributed by atoms with Crippen molar-refractivity contribution >= 4 is 17.3 Å². The van der Waals surface area contributed by atoms with Gasteiger partial charge < -0.3 is 10.6 Å². The first-order valence-corrected chi connectivity index (χ1v) is 9.23. The van der Waals surface area contributed by atoms with Crippen molar-refractivity contribution in [2.45, 2.75) is 90.9 Å². The second kappa shape index (κ2) is 16.7. The Labute approximate surface area is 132 Å². The normalized spacial score (nSPS) is 10.5. The van der Waals surface area contributed by atoms with E-state index < -0.39 is 0 Å². The lowest BCUT2D eigenvalue weighted by atomic mass is 10.1. The summed E-state index contributed by atoms with van der Waals surface area (Å²) >= 11 is 5.24. The average Bonchev–Trinajstić information content (AvgIpc) is 2.45. The van der Waals surface area contributed by atoms with E-state index in [-0.39, 0.29) is 0 Å². The molecule has 2 nitrogen and oxygen atoms in total. The maximum atomic E-state index is 5.24. The zero-order chi connectivity index (χ0) is 14.9. The fourth-order valence-electron chi connectivity index (χ4n) is 2.28. The molecule has 0 fully saturated rings. The number of hydrogen-bond acceptors (Lipinski definition) is 1. The highest BCUT2D eigenvalue weighted by atomic mass is 32.1. The summed E-state index contributed by atoms with van der Waals surface area (Å²) in [7, 11) is 0. The van der Waals surface area contributed by atoms with Crippen LogP contribution in [0.1, 0.15) is 90.9 Å². The second-order valence-electron chi connectivity index (χ2n) is 5.72. The van der Waals surface area contributed by atoms with Crippen molar-refractivity contribution in [3.63, 3.8) is 0 Å². The molecule has 0 rings (SSSR count). The van der Waals surface area contributed by atoms with Gasteiger partial charge in [-0.25, -0.2) is 0 Å². The molecule has 120 valence electrons. The molecule has 0 unspecified atom stereocenters. The van der Waals surface area contributed by atoms with Gasteiger partial charge in [0.1, 0.15) is 0 Å². The Bertz CT molecular complexity index is 207. The largest absolute Gasteiger partial charge is 0.363 e. The van der Waals surface area contributed by atoms with Gasteiger partial charge >= 0.3 is 0 Å². The quantitative estimate of drug-likeness (QED) is 0.342. The van der Waals surface area contributed by atoms with Gasteiger partial charge in [-0.05, 0) is 25.1 Å². The van der Waals surface area contributed by atoms with Gasteiger partial charge in [0, 0.05) is 13.1 Å². The Morgan fingerprint density at radius 1 is 0.600 bits per heavy atom. The summed E-state index contributed by atoms with van der Waals surface area (Å²) < 4.78 is 0. The maximum Gasteiger partial charge on any atom is 0.166 e. The monoisotopic (exact) mass is 300 g/mol. The fraction of sp³-hybridized carbons (Fsp3) is 0.941. The van der Waals surface area contributed by atoms with Crippen molar-refractivity contribution in [3.05, 3.63) is 0 Å². The molecule has 0 aliphatic rings. The standard InChI is InChI=1S/C17H36N2S/c1-3-5-7-8-9-10-11-12-14-16-19-17(20)18-15-13-6-4-2/h3-16H2,1-2H3,(H2,18,19,20). The Balaban J connectivity index is 3.09. The molecule has 20 heavy (non-hydrogen) atoms. The van der Waals surface area contributed by atoms with Gasteiger partial charge in [-0.2, -0.15) is 0 Å². The highest BCUT2D eigenvalue weighted by molar-refractivity contribution is 7.80. The summed E-state index contributed by atoms with van der Waals surface area (Å²) in [6.45, 7) is 6.53. The van der Waals surface area contributed by atoms with Crippen LogP contribution in [0.4, 0.5) is 0 Å². The first-order valence-electron chi connectivity index (χ1n) is 8.83. The van der Waals surface area contributed by atoms with E-state index in [2.05, 4.69) is 24.5 Å². The van der Waals surface area contributed by atoms with Crippen LogP contribution < -0.4 is 10.6 Å². The van der Waals surface area contributed by atoms with Crippen LogP contribution in [0.25, 0.3) is 0 Å². The lowest BCUT2D eigenvalue weighted by Gasteiger charge is -2.10. The molecular formula is C17H36N2S. The van der Waals surface area contributed by atoms with Crippen LogP contribution in [0.3, 0.4) is 0 Å². The molecule has 0 aliphatic heterocycles. The van der Waals surface area contributed by atoms with Gasteiger partial charge in [0.05, 0.1) is 0 Å². The summed E-state index contributed by atoms with van der Waals surface area (Å²) in [5.41, 5.74) is 0. The lowest BCUT2D eigenvalue weighted by molar-refractivity contribution is 0.562. The van der Waals surface area contributed by atoms with E-state index >= 15 is 0 Å². The molecule has 0 aromatic heterocycles. The summed E-state index contributed by atoms with van der Waals surface area (Å²) in [6.07, 6.45) is 16.2. The molecule has 0 bridgehead atoms. The van der Waals surface area contributed by atoms with Crippen molar-refractivity contribution in [2.75, 3.05) is 13.1 Å². The van der Waals surface area contributed by atoms with Crippen molar-refractivity contribution < 1.29 is 0 Å². The molecule has 0 aromatic rings. The first kappa shape index (κ1) is 19.7. The Hall–Kier alpha value is -0.310. The summed E-state index contributed by atoms with van der Waals surface area (Å²) in [4.78, 5) is 0. The van der Waals surface area contributed by atoms with Gasteiger partial charge in [0.15, 0.2) is 5.11 Å². The third-order valence-electron chi connectivity index (χ3n) is 3.63. The third kappa shape index (κ3) is 15.7. The van der Waals surface area contributed by atoms with Gasteiger partial charge in [0.2, 0.25) is 0 Å². The van der Waals surface area contributed by atoms with E-state index in [9.17, 15) is 0 Å². The van der Waals surface area contributed by atoms with Crippen LogP contribution in [0.5, 0.6) is 0 Å². The topological polar surface area (TPSA) is 24.1 Å². The molecule has 3 heteroatoms. The van der Waals surface area contributed by atoms with Crippen LogP contribution in [0.2, 0.25) is 0 Å². The summed E-state index contributed by atoms with van der Waals surface area (Å²) in [5.74, 6) is 0. The molecule has 0 aliphatic carbocycles. The van der Waals surface area contributed by atoms with Crippen molar-refractivity contribution in [2.24, 2.45) is 0 Å². The average molecular weight is 301 g/mol. The van der Waals surface area contributed by atoms with Crippen molar-refractivity contribution in [1.82, 2.24) is 10.6 Å². The Morgan fingerprint density at radius 2 is 0.950 bits per heavy atom. The minimum absolute atomic E-state index is 0.834. The van der Waals surface area contributed by atoms with E-state index in [4.69, 9.17) is 12.2 Å². The molecule has 0 atom stereocenters. The van der Waals surface area contributed by atoms with E-state index in [0.29, 0.717) is 0 Å². The summed E-state index contributed by atoms with van der Waals surface area (Å²) in [5, 5.41) is 7.40. The van der Waals surface area contributed by atoms with Crippen molar-refractivity contribution in [3.8, 4) is 0 Å². The van der Waals surface area contributed by atoms with Crippen LogP contribution in [-0.4, -0.2) is 18.2 Å². The lowest BCUT2D eigenvalue weighted by Crippen LogP contribution is -2.36. The zero-order valence-electron chi connectivity index (χ0n) is 13.8. The molecule has 0 radical (unpaired) electrons. The van der Waals surface area contributed by atoms with Crippen LogP contribution in [0.15, 0.2) is 0 Å². The SMILES string of the molecule is CCCCCCCCCCCNC(=S)NCCCCC. The molecule has 0 aromatic carbocycles. The van der Waals surface area contributed by atoms with Crippen LogP contribution in [-0.2, 0) is 0 Å². The van der Waals surface area contributed by atoms with E-state index in [0.717, 1.165) is 18.2 Å². The van der Waals surface area contributed by atoms with Crippen LogP contribution in [0, 0.1) is 0 Å². The minimum atomic E-state index is 0.834. The van der Waals surface area contributed by atoms with E-state index in [1.54, 1.807) is 0 Å². The zero-order valence-corrected chi connectivity index (χ0v) is 14.6. The highest BCUT2D eigenvalue weighted by Crippen LogP contribution is 2.09. The molecule has 0 saturated heterocycles. The smallest absolute Gasteiger partial charge is 0.166 e. The number of rotatable bonds is 14. The Morgan fingerprint density at radius 3 is 1.45 bits per heavy atom. The predicted molar refractivity (Wildman–Crippen MR) is 95.4 cm³/mol. The molecule has 2 N–H and O–H groups in total.